The number of carbonyl (C=O) groups is 1. The Hall–Kier alpha value is -0.790. The summed E-state index contributed by atoms with van der Waals surface area (Å²) in [7, 11) is 0. The van der Waals surface area contributed by atoms with Crippen LogP contribution in [0.25, 0.3) is 0 Å². The van der Waals surface area contributed by atoms with Crippen LogP contribution in [0.4, 0.5) is 0 Å². The topological polar surface area (TPSA) is 20.3 Å². The summed E-state index contributed by atoms with van der Waals surface area (Å²) in [5.74, 6) is 1.00. The van der Waals surface area contributed by atoms with Crippen molar-refractivity contribution in [3.8, 4) is 0 Å². The lowest BCUT2D eigenvalue weighted by molar-refractivity contribution is -0.133. The molecule has 1 atom stereocenters. The van der Waals surface area contributed by atoms with E-state index in [1.807, 2.05) is 11.8 Å². The predicted octanol–water partition coefficient (Wildman–Crippen LogP) is 2.80. The number of nitrogens with zero attached hydrogens (tertiary/aromatic N) is 1. The van der Waals surface area contributed by atoms with Gasteiger partial charge in [-0.3, -0.25) is 4.79 Å². The Labute approximate surface area is 87.0 Å². The van der Waals surface area contributed by atoms with Gasteiger partial charge < -0.3 is 4.90 Å². The minimum Gasteiger partial charge on any atom is -0.319 e. The highest BCUT2D eigenvalue weighted by Crippen LogP contribution is 2.23. The largest absolute Gasteiger partial charge is 0.319 e. The van der Waals surface area contributed by atoms with Crippen molar-refractivity contribution in [1.29, 1.82) is 0 Å². The third-order valence-corrected chi connectivity index (χ3v) is 2.63. The number of carbonyl (C=O) groups excluding carboxylic acids is 1. The van der Waals surface area contributed by atoms with Gasteiger partial charge in [-0.1, -0.05) is 33.3 Å². The highest BCUT2D eigenvalue weighted by atomic mass is 16.2. The molecule has 0 radical (unpaired) electrons. The highest BCUT2D eigenvalue weighted by molar-refractivity contribution is 5.81. The highest BCUT2D eigenvalue weighted by Gasteiger charge is 2.25. The molecule has 0 fully saturated rings. The van der Waals surface area contributed by atoms with Crippen molar-refractivity contribution in [3.63, 3.8) is 0 Å². The van der Waals surface area contributed by atoms with E-state index >= 15 is 0 Å². The van der Waals surface area contributed by atoms with Gasteiger partial charge in [-0.25, -0.2) is 0 Å². The Bertz CT molecular complexity index is 243. The lowest BCUT2D eigenvalue weighted by Gasteiger charge is -2.30. The molecule has 0 N–H and O–H groups in total. The van der Waals surface area contributed by atoms with E-state index in [2.05, 4.69) is 27.0 Å². The zero-order valence-corrected chi connectivity index (χ0v) is 9.71. The molecule has 0 bridgehead atoms. The molecular formula is C12H21NO. The van der Waals surface area contributed by atoms with E-state index in [1.54, 1.807) is 0 Å². The third kappa shape index (κ3) is 2.60. The van der Waals surface area contributed by atoms with Crippen LogP contribution in [0.15, 0.2) is 11.8 Å². The molecule has 80 valence electrons. The molecule has 1 rings (SSSR count). The summed E-state index contributed by atoms with van der Waals surface area (Å²) in [5, 5.41) is 0. The molecule has 0 aromatic rings. The van der Waals surface area contributed by atoms with Crippen LogP contribution in [0.2, 0.25) is 0 Å². The fraction of sp³-hybridized carbons (Fsp3) is 0.750. The zero-order chi connectivity index (χ0) is 10.7. The molecule has 0 spiro atoms. The van der Waals surface area contributed by atoms with Crippen molar-refractivity contribution in [1.82, 2.24) is 4.90 Å². The van der Waals surface area contributed by atoms with E-state index in [0.717, 1.165) is 19.4 Å². The molecule has 1 amide bonds. The van der Waals surface area contributed by atoms with Crippen molar-refractivity contribution >= 4 is 5.91 Å². The minimum atomic E-state index is 0.175. The van der Waals surface area contributed by atoms with Crippen LogP contribution in [0.5, 0.6) is 0 Å². The summed E-state index contributed by atoms with van der Waals surface area (Å²) in [4.78, 5) is 13.7. The number of rotatable bonds is 3. The molecule has 2 nitrogen and oxygen atoms in total. The first kappa shape index (κ1) is 11.3. The number of allylic oxidation sites excluding steroid dienone is 1. The quantitative estimate of drug-likeness (QED) is 0.678. The Balaban J connectivity index is 2.75. The Kier molecular flexibility index (Phi) is 3.73. The molecule has 1 aliphatic heterocycles. The fourth-order valence-corrected chi connectivity index (χ4v) is 1.87. The van der Waals surface area contributed by atoms with Crippen molar-refractivity contribution in [2.75, 3.05) is 6.54 Å². The lowest BCUT2D eigenvalue weighted by Crippen LogP contribution is -2.37. The molecule has 0 saturated heterocycles. The lowest BCUT2D eigenvalue weighted by atomic mass is 9.95. The van der Waals surface area contributed by atoms with E-state index in [4.69, 9.17) is 0 Å². The molecule has 1 aliphatic rings. The maximum absolute atomic E-state index is 11.8. The summed E-state index contributed by atoms with van der Waals surface area (Å²) in [6.45, 7) is 9.32. The summed E-state index contributed by atoms with van der Waals surface area (Å²) in [6.07, 6.45) is 4.07. The summed E-state index contributed by atoms with van der Waals surface area (Å²) in [5.41, 5.74) is 1.40. The van der Waals surface area contributed by atoms with Gasteiger partial charge in [-0.15, -0.1) is 0 Å². The monoisotopic (exact) mass is 195 g/mol. The van der Waals surface area contributed by atoms with Gasteiger partial charge in [0.1, 0.15) is 0 Å². The van der Waals surface area contributed by atoms with Crippen molar-refractivity contribution in [3.05, 3.63) is 11.8 Å². The smallest absolute Gasteiger partial charge is 0.229 e. The third-order valence-electron chi connectivity index (χ3n) is 2.63. The number of amides is 1. The van der Waals surface area contributed by atoms with Gasteiger partial charge in [0.2, 0.25) is 5.91 Å². The van der Waals surface area contributed by atoms with Crippen LogP contribution in [0.3, 0.4) is 0 Å². The molecule has 0 aromatic carbocycles. The summed E-state index contributed by atoms with van der Waals surface area (Å²) in [6, 6.07) is 0. The van der Waals surface area contributed by atoms with Crippen LogP contribution < -0.4 is 0 Å². The maximum Gasteiger partial charge on any atom is 0.229 e. The second-order valence-electron chi connectivity index (χ2n) is 4.63. The minimum absolute atomic E-state index is 0.175. The van der Waals surface area contributed by atoms with Crippen LogP contribution in [-0.4, -0.2) is 17.4 Å². The Morgan fingerprint density at radius 3 is 2.71 bits per heavy atom. The van der Waals surface area contributed by atoms with E-state index < -0.39 is 0 Å². The van der Waals surface area contributed by atoms with Crippen LogP contribution in [0, 0.1) is 11.8 Å². The number of hydrogen-bond donors (Lipinski definition) is 0. The maximum atomic E-state index is 11.8. The van der Waals surface area contributed by atoms with Gasteiger partial charge in [-0.2, -0.15) is 0 Å². The second kappa shape index (κ2) is 4.63. The molecule has 0 aliphatic carbocycles. The van der Waals surface area contributed by atoms with E-state index in [9.17, 15) is 4.79 Å². The van der Waals surface area contributed by atoms with Crippen molar-refractivity contribution < 1.29 is 4.79 Å². The van der Waals surface area contributed by atoms with Gasteiger partial charge in [0.15, 0.2) is 0 Å². The summed E-state index contributed by atoms with van der Waals surface area (Å²) < 4.78 is 0. The SMILES string of the molecule is CCC1=CN(CC(C)C)C(=O)C(C)C1. The zero-order valence-electron chi connectivity index (χ0n) is 9.71. The first-order valence-electron chi connectivity index (χ1n) is 5.54. The van der Waals surface area contributed by atoms with Gasteiger partial charge in [0.25, 0.3) is 0 Å². The molecule has 2 heteroatoms. The summed E-state index contributed by atoms with van der Waals surface area (Å²) >= 11 is 0. The van der Waals surface area contributed by atoms with E-state index in [0.29, 0.717) is 5.92 Å². The van der Waals surface area contributed by atoms with Crippen LogP contribution in [-0.2, 0) is 4.79 Å². The average molecular weight is 195 g/mol. The Morgan fingerprint density at radius 1 is 1.57 bits per heavy atom. The normalized spacial score (nSPS) is 22.9. The van der Waals surface area contributed by atoms with Crippen molar-refractivity contribution in [2.45, 2.75) is 40.5 Å². The molecule has 1 heterocycles. The van der Waals surface area contributed by atoms with Crippen molar-refractivity contribution in [2.24, 2.45) is 11.8 Å². The standard InChI is InChI=1S/C12H21NO/c1-5-11-6-10(4)12(14)13(8-11)7-9(2)3/h8-10H,5-7H2,1-4H3. The first-order valence-corrected chi connectivity index (χ1v) is 5.54. The molecular weight excluding hydrogens is 174 g/mol. The molecule has 14 heavy (non-hydrogen) atoms. The molecule has 0 saturated carbocycles. The van der Waals surface area contributed by atoms with Gasteiger partial charge in [-0.05, 0) is 18.8 Å². The molecule has 1 unspecified atom stereocenters. The molecule has 0 aromatic heterocycles. The number of hydrogen-bond acceptors (Lipinski definition) is 1. The van der Waals surface area contributed by atoms with Gasteiger partial charge in [0, 0.05) is 18.7 Å². The second-order valence-corrected chi connectivity index (χ2v) is 4.63. The van der Waals surface area contributed by atoms with E-state index in [1.165, 1.54) is 5.57 Å². The van der Waals surface area contributed by atoms with E-state index in [-0.39, 0.29) is 11.8 Å². The Morgan fingerprint density at radius 2 is 2.21 bits per heavy atom. The predicted molar refractivity (Wildman–Crippen MR) is 58.7 cm³/mol. The van der Waals surface area contributed by atoms with Gasteiger partial charge >= 0.3 is 0 Å². The van der Waals surface area contributed by atoms with Crippen LogP contribution >= 0.6 is 0 Å². The average Bonchev–Trinajstić information content (AvgIpc) is 2.11. The van der Waals surface area contributed by atoms with Crippen LogP contribution in [0.1, 0.15) is 40.5 Å². The van der Waals surface area contributed by atoms with Gasteiger partial charge in [0.05, 0.1) is 0 Å². The fourth-order valence-electron chi connectivity index (χ4n) is 1.87. The first-order chi connectivity index (χ1) is 6.54.